The van der Waals surface area contributed by atoms with Crippen molar-refractivity contribution in [3.05, 3.63) is 24.3 Å². The maximum Gasteiger partial charge on any atom is 0.239 e. The van der Waals surface area contributed by atoms with E-state index >= 15 is 0 Å². The zero-order chi connectivity index (χ0) is 23.0. The lowest BCUT2D eigenvalue weighted by atomic mass is 9.74. The lowest BCUT2D eigenvalue weighted by Gasteiger charge is -2.58. The summed E-state index contributed by atoms with van der Waals surface area (Å²) < 4.78 is 18.0. The Kier molecular flexibility index (Phi) is 6.78. The lowest BCUT2D eigenvalue weighted by Crippen LogP contribution is -2.77. The van der Waals surface area contributed by atoms with Crippen LogP contribution in [-0.4, -0.2) is 92.9 Å². The molecule has 0 radical (unpaired) electrons. The third-order valence-corrected chi connectivity index (χ3v) is 6.70. The van der Waals surface area contributed by atoms with Crippen molar-refractivity contribution in [3.8, 4) is 0 Å². The van der Waals surface area contributed by atoms with E-state index in [1.54, 1.807) is 32.4 Å². The van der Waals surface area contributed by atoms with E-state index in [2.05, 4.69) is 20.6 Å². The molecule has 3 aliphatic rings. The monoisotopic (exact) mass is 452 g/mol. The first kappa shape index (κ1) is 23.4. The van der Waals surface area contributed by atoms with Gasteiger partial charge in [-0.1, -0.05) is 6.92 Å². The number of hydrogen-bond acceptors (Lipinski definition) is 10. The summed E-state index contributed by atoms with van der Waals surface area (Å²) in [6.45, 7) is 3.69. The van der Waals surface area contributed by atoms with Crippen LogP contribution in [0.1, 0.15) is 32.5 Å². The Bertz CT molecular complexity index is 802. The lowest BCUT2D eigenvalue weighted by molar-refractivity contribution is -0.450. The number of ether oxygens (including phenoxy) is 3. The summed E-state index contributed by atoms with van der Waals surface area (Å²) in [4.78, 5) is 20.8. The van der Waals surface area contributed by atoms with Crippen molar-refractivity contribution < 1.29 is 34.3 Å². The molecule has 11 heteroatoms. The maximum atomic E-state index is 12.7. The molecule has 3 heterocycles. The van der Waals surface area contributed by atoms with Crippen LogP contribution in [0.2, 0.25) is 0 Å². The quantitative estimate of drug-likeness (QED) is 0.355. The number of fused-ring (bicyclic) bond motifs is 2. The summed E-state index contributed by atoms with van der Waals surface area (Å²) in [5.41, 5.74) is 0. The number of aliphatic hydroxyl groups excluding tert-OH is 2. The zero-order valence-corrected chi connectivity index (χ0v) is 18.4. The minimum atomic E-state index is -2.01. The van der Waals surface area contributed by atoms with Crippen LogP contribution >= 0.6 is 0 Å². The molecule has 10 atom stereocenters. The fourth-order valence-corrected chi connectivity index (χ4v) is 5.05. The van der Waals surface area contributed by atoms with Gasteiger partial charge in [0, 0.05) is 18.3 Å². The van der Waals surface area contributed by atoms with E-state index in [4.69, 9.17) is 14.2 Å². The van der Waals surface area contributed by atoms with Gasteiger partial charge in [0.2, 0.25) is 18.0 Å². The standard InChI is InChI=1S/C21H32N4O7/c1-4-11-16(27)15(22-3)18-19(17(11)28)31-20-21(29,32-18)12(8-10(2)30-20)25-14(26)9-13-23-6-5-7-24-13/h5-7,10-12,15-20,22,27-29H,4,8-9H2,1-3H3,(H,25,26)/t10-,11-,12-,15+,16+,17+,18?,19?,20?,21+/m1/s1. The molecule has 5 N–H and O–H groups in total. The molecule has 2 saturated heterocycles. The molecule has 1 amide bonds. The fourth-order valence-electron chi connectivity index (χ4n) is 5.05. The van der Waals surface area contributed by atoms with Crippen LogP contribution in [0.3, 0.4) is 0 Å². The minimum Gasteiger partial charge on any atom is -0.391 e. The summed E-state index contributed by atoms with van der Waals surface area (Å²) in [5.74, 6) is -2.46. The van der Waals surface area contributed by atoms with Gasteiger partial charge >= 0.3 is 0 Å². The molecule has 11 nitrogen and oxygen atoms in total. The molecule has 3 fully saturated rings. The van der Waals surface area contributed by atoms with Crippen LogP contribution in [0.4, 0.5) is 0 Å². The molecule has 178 valence electrons. The first-order valence-corrected chi connectivity index (χ1v) is 11.1. The molecule has 32 heavy (non-hydrogen) atoms. The average molecular weight is 453 g/mol. The van der Waals surface area contributed by atoms with Crippen molar-refractivity contribution in [1.29, 1.82) is 0 Å². The second kappa shape index (κ2) is 9.26. The normalized spacial score (nSPS) is 43.8. The van der Waals surface area contributed by atoms with Crippen LogP contribution in [0.25, 0.3) is 0 Å². The van der Waals surface area contributed by atoms with E-state index in [0.717, 1.165) is 0 Å². The molecule has 1 aromatic heterocycles. The SMILES string of the molecule is CC[C@@H]1[C@H](O)[C@H](NC)C2O[C@]3(O)C(OC2[C@H]1O)O[C@H](C)C[C@H]3NC(=O)Cc1ncccn1. The number of aliphatic hydroxyl groups is 3. The van der Waals surface area contributed by atoms with E-state index in [1.807, 2.05) is 6.92 Å². The Balaban J connectivity index is 1.56. The Morgan fingerprint density at radius 1 is 1.22 bits per heavy atom. The topological polar surface area (TPSA) is 155 Å². The third kappa shape index (κ3) is 4.14. The second-order valence-corrected chi connectivity index (χ2v) is 8.78. The summed E-state index contributed by atoms with van der Waals surface area (Å²) in [7, 11) is 1.67. The number of rotatable bonds is 5. The summed E-state index contributed by atoms with van der Waals surface area (Å²) >= 11 is 0. The Morgan fingerprint density at radius 2 is 1.94 bits per heavy atom. The number of aromatic nitrogens is 2. The van der Waals surface area contributed by atoms with Crippen LogP contribution < -0.4 is 10.6 Å². The molecule has 1 saturated carbocycles. The predicted molar refractivity (Wildman–Crippen MR) is 110 cm³/mol. The van der Waals surface area contributed by atoms with Crippen molar-refractivity contribution in [1.82, 2.24) is 20.6 Å². The van der Waals surface area contributed by atoms with Crippen LogP contribution in [0.5, 0.6) is 0 Å². The van der Waals surface area contributed by atoms with Crippen LogP contribution in [-0.2, 0) is 25.4 Å². The predicted octanol–water partition coefficient (Wildman–Crippen LogP) is -1.54. The van der Waals surface area contributed by atoms with Gasteiger partial charge in [-0.15, -0.1) is 0 Å². The van der Waals surface area contributed by atoms with E-state index < -0.39 is 54.5 Å². The average Bonchev–Trinajstić information content (AvgIpc) is 2.75. The molecular weight excluding hydrogens is 420 g/mol. The first-order chi connectivity index (χ1) is 15.3. The van der Waals surface area contributed by atoms with Gasteiger partial charge in [0.05, 0.1) is 36.8 Å². The number of nitrogens with one attached hydrogen (secondary N) is 2. The van der Waals surface area contributed by atoms with E-state index in [9.17, 15) is 20.1 Å². The number of carbonyl (C=O) groups is 1. The van der Waals surface area contributed by atoms with Gasteiger partial charge in [0.15, 0.2) is 0 Å². The highest BCUT2D eigenvalue weighted by Gasteiger charge is 2.63. The summed E-state index contributed by atoms with van der Waals surface area (Å²) in [6, 6.07) is 0.225. The fraction of sp³-hybridized carbons (Fsp3) is 0.762. The van der Waals surface area contributed by atoms with Gasteiger partial charge < -0.3 is 40.2 Å². The Hall–Kier alpha value is -1.73. The van der Waals surface area contributed by atoms with Crippen molar-refractivity contribution in [2.24, 2.45) is 5.92 Å². The Morgan fingerprint density at radius 3 is 2.59 bits per heavy atom. The maximum absolute atomic E-state index is 12.7. The number of likely N-dealkylation sites (N-methyl/N-ethyl adjacent to an activating group) is 1. The molecule has 1 aliphatic carbocycles. The van der Waals surface area contributed by atoms with Gasteiger partial charge in [0.25, 0.3) is 0 Å². The number of hydrogen-bond donors (Lipinski definition) is 5. The van der Waals surface area contributed by atoms with Gasteiger partial charge in [-0.2, -0.15) is 0 Å². The number of amides is 1. The van der Waals surface area contributed by atoms with E-state index in [0.29, 0.717) is 12.2 Å². The molecular formula is C21H32N4O7. The van der Waals surface area contributed by atoms with E-state index in [-0.39, 0.29) is 24.9 Å². The molecule has 0 spiro atoms. The second-order valence-electron chi connectivity index (χ2n) is 8.78. The minimum absolute atomic E-state index is 0.0605. The van der Waals surface area contributed by atoms with Crippen LogP contribution in [0, 0.1) is 5.92 Å². The van der Waals surface area contributed by atoms with Crippen LogP contribution in [0.15, 0.2) is 18.5 Å². The van der Waals surface area contributed by atoms with Gasteiger partial charge in [-0.05, 0) is 32.9 Å². The largest absolute Gasteiger partial charge is 0.391 e. The highest BCUT2D eigenvalue weighted by Crippen LogP contribution is 2.43. The van der Waals surface area contributed by atoms with Crippen molar-refractivity contribution in [2.45, 2.75) is 87.8 Å². The molecule has 2 aliphatic heterocycles. The summed E-state index contributed by atoms with van der Waals surface area (Å²) in [6.07, 6.45) is -1.28. The molecule has 0 bridgehead atoms. The molecule has 3 unspecified atom stereocenters. The van der Waals surface area contributed by atoms with Gasteiger partial charge in [0.1, 0.15) is 18.0 Å². The highest BCUT2D eigenvalue weighted by atomic mass is 16.8. The summed E-state index contributed by atoms with van der Waals surface area (Å²) in [5, 5.41) is 39.0. The van der Waals surface area contributed by atoms with Gasteiger partial charge in [-0.25, -0.2) is 9.97 Å². The molecule has 4 rings (SSSR count). The Labute approximate surface area is 186 Å². The van der Waals surface area contributed by atoms with Gasteiger partial charge in [-0.3, -0.25) is 4.79 Å². The van der Waals surface area contributed by atoms with E-state index in [1.165, 1.54) is 0 Å². The first-order valence-electron chi connectivity index (χ1n) is 11.1. The highest BCUT2D eigenvalue weighted by molar-refractivity contribution is 5.78. The third-order valence-electron chi connectivity index (χ3n) is 6.70. The number of nitrogens with zero attached hydrogens (tertiary/aromatic N) is 2. The zero-order valence-electron chi connectivity index (χ0n) is 18.4. The van der Waals surface area contributed by atoms with Crippen molar-refractivity contribution in [3.63, 3.8) is 0 Å². The number of carbonyl (C=O) groups excluding carboxylic acids is 1. The molecule has 0 aromatic carbocycles. The smallest absolute Gasteiger partial charge is 0.239 e. The van der Waals surface area contributed by atoms with Crippen molar-refractivity contribution in [2.75, 3.05) is 7.05 Å². The molecule has 1 aromatic rings. The van der Waals surface area contributed by atoms with Crippen molar-refractivity contribution >= 4 is 5.91 Å².